The van der Waals surface area contributed by atoms with Crippen LogP contribution in [-0.4, -0.2) is 46.8 Å². The summed E-state index contributed by atoms with van der Waals surface area (Å²) >= 11 is 0. The molecule has 1 aromatic rings. The Morgan fingerprint density at radius 3 is 2.63 bits per heavy atom. The molecule has 1 aliphatic heterocycles. The van der Waals surface area contributed by atoms with Crippen LogP contribution in [0.15, 0.2) is 6.07 Å². The van der Waals surface area contributed by atoms with Gasteiger partial charge in [0.1, 0.15) is 5.60 Å². The number of aliphatic hydroxyl groups is 1. The van der Waals surface area contributed by atoms with Crippen molar-refractivity contribution in [3.05, 3.63) is 11.8 Å². The van der Waals surface area contributed by atoms with Crippen LogP contribution >= 0.6 is 0 Å². The Morgan fingerprint density at radius 1 is 1.47 bits per heavy atom. The molecule has 104 valence electrons. The predicted octanol–water partition coefficient (Wildman–Crippen LogP) is -0.390. The van der Waals surface area contributed by atoms with Crippen molar-refractivity contribution in [2.45, 2.75) is 25.4 Å². The second-order valence-corrected chi connectivity index (χ2v) is 4.73. The van der Waals surface area contributed by atoms with E-state index in [0.29, 0.717) is 24.9 Å². The lowest BCUT2D eigenvalue weighted by Crippen LogP contribution is -2.52. The molecule has 2 rings (SSSR count). The molecule has 2 heterocycles. The third kappa shape index (κ3) is 2.76. The van der Waals surface area contributed by atoms with Crippen molar-refractivity contribution in [3.63, 3.8) is 0 Å². The first-order valence-electron chi connectivity index (χ1n) is 6.11. The number of primary amides is 1. The second-order valence-electron chi connectivity index (χ2n) is 4.73. The number of ether oxygens (including phenoxy) is 1. The smallest absolute Gasteiger partial charge is 0.249 e. The third-order valence-corrected chi connectivity index (χ3v) is 3.36. The lowest BCUT2D eigenvalue weighted by Gasteiger charge is -2.36. The summed E-state index contributed by atoms with van der Waals surface area (Å²) in [7, 11) is 1.55. The maximum atomic E-state index is 11.2. The molecular formula is C12H18N4O3. The zero-order chi connectivity index (χ0) is 14.0. The fourth-order valence-corrected chi connectivity index (χ4v) is 2.09. The molecule has 3 N–H and O–H groups in total. The van der Waals surface area contributed by atoms with Crippen molar-refractivity contribution < 1.29 is 14.6 Å². The fourth-order valence-electron chi connectivity index (χ4n) is 2.09. The average Bonchev–Trinajstić information content (AvgIpc) is 2.38. The summed E-state index contributed by atoms with van der Waals surface area (Å²) in [5.41, 5.74) is 4.59. The summed E-state index contributed by atoms with van der Waals surface area (Å²) in [5.74, 6) is 0.372. The van der Waals surface area contributed by atoms with E-state index < -0.39 is 11.5 Å². The Bertz CT molecular complexity index is 484. The maximum absolute atomic E-state index is 11.2. The van der Waals surface area contributed by atoms with Crippen LogP contribution < -0.4 is 15.4 Å². The number of hydrogen-bond donors (Lipinski definition) is 2. The molecule has 1 saturated heterocycles. The highest BCUT2D eigenvalue weighted by atomic mass is 16.5. The minimum atomic E-state index is -1.41. The highest BCUT2D eigenvalue weighted by Gasteiger charge is 2.38. The number of methoxy groups -OCH3 is 1. The number of hydrogen-bond acceptors (Lipinski definition) is 6. The van der Waals surface area contributed by atoms with Gasteiger partial charge in [0.05, 0.1) is 7.11 Å². The molecule has 19 heavy (non-hydrogen) atoms. The van der Waals surface area contributed by atoms with Crippen LogP contribution in [0.5, 0.6) is 5.88 Å². The van der Waals surface area contributed by atoms with Crippen molar-refractivity contribution in [2.75, 3.05) is 25.1 Å². The van der Waals surface area contributed by atoms with Crippen LogP contribution in [0.2, 0.25) is 0 Å². The van der Waals surface area contributed by atoms with Crippen LogP contribution in [-0.2, 0) is 4.79 Å². The lowest BCUT2D eigenvalue weighted by atomic mass is 9.91. The molecule has 0 aliphatic carbocycles. The highest BCUT2D eigenvalue weighted by molar-refractivity contribution is 5.83. The van der Waals surface area contributed by atoms with Gasteiger partial charge >= 0.3 is 0 Å². The Kier molecular flexibility index (Phi) is 3.57. The fraction of sp³-hybridized carbons (Fsp3) is 0.583. The van der Waals surface area contributed by atoms with Crippen molar-refractivity contribution in [3.8, 4) is 5.88 Å². The van der Waals surface area contributed by atoms with E-state index in [1.54, 1.807) is 13.2 Å². The second kappa shape index (κ2) is 5.00. The number of aromatic nitrogens is 2. The lowest BCUT2D eigenvalue weighted by molar-refractivity contribution is -0.138. The Labute approximate surface area is 111 Å². The third-order valence-electron chi connectivity index (χ3n) is 3.36. The summed E-state index contributed by atoms with van der Waals surface area (Å²) in [5, 5.41) is 10.0. The molecule has 7 nitrogen and oxygen atoms in total. The Morgan fingerprint density at radius 2 is 2.11 bits per heavy atom. The molecule has 1 aliphatic rings. The quantitative estimate of drug-likeness (QED) is 0.772. The normalized spacial score (nSPS) is 18.2. The van der Waals surface area contributed by atoms with Crippen molar-refractivity contribution in [1.82, 2.24) is 9.97 Å². The summed E-state index contributed by atoms with van der Waals surface area (Å²) in [6.45, 7) is 2.81. The first kappa shape index (κ1) is 13.5. The van der Waals surface area contributed by atoms with Gasteiger partial charge in [0, 0.05) is 37.7 Å². The van der Waals surface area contributed by atoms with E-state index in [-0.39, 0.29) is 12.8 Å². The van der Waals surface area contributed by atoms with Gasteiger partial charge in [-0.05, 0) is 6.92 Å². The molecular weight excluding hydrogens is 248 g/mol. The average molecular weight is 266 g/mol. The molecule has 0 radical (unpaired) electrons. The van der Waals surface area contributed by atoms with Crippen molar-refractivity contribution >= 4 is 11.9 Å². The highest BCUT2D eigenvalue weighted by Crippen LogP contribution is 2.25. The van der Waals surface area contributed by atoms with Gasteiger partial charge in [0.15, 0.2) is 0 Å². The molecule has 0 unspecified atom stereocenters. The summed E-state index contributed by atoms with van der Waals surface area (Å²) in [6, 6.07) is 1.74. The number of piperidine rings is 1. The minimum Gasteiger partial charge on any atom is -0.481 e. The topological polar surface area (TPSA) is 102 Å². The molecule has 0 saturated carbocycles. The number of anilines is 1. The zero-order valence-electron chi connectivity index (χ0n) is 11.1. The van der Waals surface area contributed by atoms with E-state index in [9.17, 15) is 9.90 Å². The van der Waals surface area contributed by atoms with Gasteiger partial charge < -0.3 is 20.5 Å². The number of rotatable bonds is 3. The predicted molar refractivity (Wildman–Crippen MR) is 68.9 cm³/mol. The van der Waals surface area contributed by atoms with E-state index in [1.807, 2.05) is 11.8 Å². The zero-order valence-corrected chi connectivity index (χ0v) is 11.1. The van der Waals surface area contributed by atoms with Crippen molar-refractivity contribution in [1.29, 1.82) is 0 Å². The standard InChI is InChI=1S/C12H18N4O3/c1-8-7-9(19-2)15-11(14-8)16-5-3-12(18,4-6-16)10(13)17/h7,18H,3-6H2,1-2H3,(H2,13,17). The minimum absolute atomic E-state index is 0.280. The molecule has 1 fully saturated rings. The molecule has 0 atom stereocenters. The number of carbonyl (C=O) groups is 1. The Hall–Kier alpha value is -1.89. The van der Waals surface area contributed by atoms with Gasteiger partial charge in [-0.3, -0.25) is 4.79 Å². The Balaban J connectivity index is 2.13. The van der Waals surface area contributed by atoms with Crippen LogP contribution in [0.25, 0.3) is 0 Å². The van der Waals surface area contributed by atoms with E-state index in [2.05, 4.69) is 9.97 Å². The molecule has 1 amide bonds. The summed E-state index contributed by atoms with van der Waals surface area (Å²) in [4.78, 5) is 21.7. The molecule has 1 aromatic heterocycles. The number of carbonyl (C=O) groups excluding carboxylic acids is 1. The van der Waals surface area contributed by atoms with Gasteiger partial charge in [-0.2, -0.15) is 4.98 Å². The largest absolute Gasteiger partial charge is 0.481 e. The van der Waals surface area contributed by atoms with Gasteiger partial charge in [0.25, 0.3) is 0 Å². The van der Waals surface area contributed by atoms with Crippen LogP contribution in [0, 0.1) is 6.92 Å². The number of amides is 1. The maximum Gasteiger partial charge on any atom is 0.249 e. The van der Waals surface area contributed by atoms with E-state index in [0.717, 1.165) is 5.69 Å². The van der Waals surface area contributed by atoms with Gasteiger partial charge in [-0.25, -0.2) is 4.98 Å². The molecule has 7 heteroatoms. The first-order valence-corrected chi connectivity index (χ1v) is 6.11. The molecule has 0 bridgehead atoms. The number of nitrogens with zero attached hydrogens (tertiary/aromatic N) is 3. The summed E-state index contributed by atoms with van der Waals surface area (Å²) < 4.78 is 5.10. The van der Waals surface area contributed by atoms with Crippen LogP contribution in [0.1, 0.15) is 18.5 Å². The monoisotopic (exact) mass is 266 g/mol. The van der Waals surface area contributed by atoms with E-state index in [4.69, 9.17) is 10.5 Å². The SMILES string of the molecule is COc1cc(C)nc(N2CCC(O)(C(N)=O)CC2)n1. The summed E-state index contributed by atoms with van der Waals surface area (Å²) in [6.07, 6.45) is 0.559. The molecule has 0 spiro atoms. The van der Waals surface area contributed by atoms with E-state index >= 15 is 0 Å². The van der Waals surface area contributed by atoms with Gasteiger partial charge in [0.2, 0.25) is 17.7 Å². The van der Waals surface area contributed by atoms with Gasteiger partial charge in [-0.15, -0.1) is 0 Å². The number of aryl methyl sites for hydroxylation is 1. The van der Waals surface area contributed by atoms with Crippen LogP contribution in [0.4, 0.5) is 5.95 Å². The van der Waals surface area contributed by atoms with Crippen LogP contribution in [0.3, 0.4) is 0 Å². The van der Waals surface area contributed by atoms with E-state index in [1.165, 1.54) is 0 Å². The van der Waals surface area contributed by atoms with Gasteiger partial charge in [-0.1, -0.05) is 0 Å². The van der Waals surface area contributed by atoms with Crippen molar-refractivity contribution in [2.24, 2.45) is 5.73 Å². The first-order chi connectivity index (χ1) is 8.94. The molecule has 0 aromatic carbocycles. The number of nitrogens with two attached hydrogens (primary N) is 1.